The quantitative estimate of drug-likeness (QED) is 0.813. The van der Waals surface area contributed by atoms with Crippen molar-refractivity contribution in [3.8, 4) is 0 Å². The van der Waals surface area contributed by atoms with Crippen LogP contribution in [-0.4, -0.2) is 31.7 Å². The lowest BCUT2D eigenvalue weighted by molar-refractivity contribution is 0.0526. The second-order valence-electron chi connectivity index (χ2n) is 4.91. The zero-order valence-electron chi connectivity index (χ0n) is 13.9. The van der Waals surface area contributed by atoms with Crippen LogP contribution >= 0.6 is 0 Å². The molecule has 2 N–H and O–H groups in total. The highest BCUT2D eigenvalue weighted by molar-refractivity contribution is 6.05. The predicted octanol–water partition coefficient (Wildman–Crippen LogP) is 3.29. The first-order valence-corrected chi connectivity index (χ1v) is 7.57. The molecule has 0 radical (unpaired) electrons. The number of urea groups is 1. The zero-order valence-corrected chi connectivity index (χ0v) is 13.9. The summed E-state index contributed by atoms with van der Waals surface area (Å²) >= 11 is 0. The van der Waals surface area contributed by atoms with Gasteiger partial charge in [-0.15, -0.1) is 0 Å². The molecule has 130 valence electrons. The molecule has 0 aliphatic carbocycles. The Morgan fingerprint density at radius 3 is 2.24 bits per heavy atom. The first kappa shape index (κ1) is 18.0. The van der Waals surface area contributed by atoms with Crippen LogP contribution in [0.2, 0.25) is 0 Å². The van der Waals surface area contributed by atoms with Crippen LogP contribution in [0.15, 0.2) is 48.5 Å². The Hall–Kier alpha value is -3.35. The molecule has 0 saturated carbocycles. The average Bonchev–Trinajstić information content (AvgIpc) is 2.62. The van der Waals surface area contributed by atoms with Crippen molar-refractivity contribution in [2.45, 2.75) is 6.92 Å². The molecule has 0 aliphatic rings. The van der Waals surface area contributed by atoms with E-state index in [1.165, 1.54) is 19.2 Å². The van der Waals surface area contributed by atoms with E-state index in [1.54, 1.807) is 43.3 Å². The maximum absolute atomic E-state index is 12.1. The van der Waals surface area contributed by atoms with E-state index in [0.717, 1.165) is 0 Å². The summed E-state index contributed by atoms with van der Waals surface area (Å²) in [6.45, 7) is 1.95. The summed E-state index contributed by atoms with van der Waals surface area (Å²) in [7, 11) is 1.29. The first-order valence-electron chi connectivity index (χ1n) is 7.57. The van der Waals surface area contributed by atoms with Gasteiger partial charge >= 0.3 is 18.0 Å². The normalized spacial score (nSPS) is 9.84. The van der Waals surface area contributed by atoms with Crippen LogP contribution in [0.25, 0.3) is 0 Å². The zero-order chi connectivity index (χ0) is 18.2. The van der Waals surface area contributed by atoms with Gasteiger partial charge in [0.15, 0.2) is 0 Å². The Kier molecular flexibility index (Phi) is 6.11. The number of methoxy groups -OCH3 is 1. The molecule has 0 aliphatic heterocycles. The van der Waals surface area contributed by atoms with Crippen molar-refractivity contribution in [3.05, 3.63) is 59.7 Å². The second-order valence-corrected chi connectivity index (χ2v) is 4.91. The lowest BCUT2D eigenvalue weighted by Crippen LogP contribution is -2.21. The maximum Gasteiger partial charge on any atom is 0.340 e. The summed E-state index contributed by atoms with van der Waals surface area (Å²) in [6.07, 6.45) is 0. The Morgan fingerprint density at radius 2 is 1.60 bits per heavy atom. The molecule has 0 bridgehead atoms. The summed E-state index contributed by atoms with van der Waals surface area (Å²) in [5, 5.41) is 5.22. The molecule has 25 heavy (non-hydrogen) atoms. The van der Waals surface area contributed by atoms with E-state index in [0.29, 0.717) is 16.9 Å². The molecule has 2 amide bonds. The van der Waals surface area contributed by atoms with Gasteiger partial charge in [-0.1, -0.05) is 12.1 Å². The minimum atomic E-state index is -0.525. The number of ether oxygens (including phenoxy) is 2. The number of para-hydroxylation sites is 1. The number of nitrogens with one attached hydrogen (secondary N) is 2. The monoisotopic (exact) mass is 342 g/mol. The SMILES string of the molecule is CCOC(=O)c1ccccc1NC(=O)Nc1ccc(C(=O)OC)cc1. The molecule has 0 aromatic heterocycles. The smallest absolute Gasteiger partial charge is 0.340 e. The summed E-state index contributed by atoms with van der Waals surface area (Å²) in [6, 6.07) is 12.2. The highest BCUT2D eigenvalue weighted by Crippen LogP contribution is 2.17. The number of amides is 2. The minimum absolute atomic E-state index is 0.242. The number of carbonyl (C=O) groups excluding carboxylic acids is 3. The van der Waals surface area contributed by atoms with Gasteiger partial charge in [0, 0.05) is 5.69 Å². The highest BCUT2D eigenvalue weighted by Gasteiger charge is 2.14. The van der Waals surface area contributed by atoms with E-state index < -0.39 is 18.0 Å². The Balaban J connectivity index is 2.06. The average molecular weight is 342 g/mol. The molecule has 0 atom stereocenters. The van der Waals surface area contributed by atoms with Crippen LogP contribution in [0, 0.1) is 0 Å². The number of hydrogen-bond acceptors (Lipinski definition) is 5. The van der Waals surface area contributed by atoms with Crippen molar-refractivity contribution in [2.24, 2.45) is 0 Å². The number of esters is 2. The topological polar surface area (TPSA) is 93.7 Å². The molecule has 0 saturated heterocycles. The number of hydrogen-bond donors (Lipinski definition) is 2. The standard InChI is InChI=1S/C18H18N2O5/c1-3-25-17(22)14-6-4-5-7-15(14)20-18(23)19-13-10-8-12(9-11-13)16(21)24-2/h4-11H,3H2,1-2H3,(H2,19,20,23). The van der Waals surface area contributed by atoms with Crippen LogP contribution in [0.3, 0.4) is 0 Å². The summed E-state index contributed by atoms with van der Waals surface area (Å²) in [4.78, 5) is 35.4. The van der Waals surface area contributed by atoms with Crippen LogP contribution < -0.4 is 10.6 Å². The van der Waals surface area contributed by atoms with Crippen molar-refractivity contribution in [3.63, 3.8) is 0 Å². The third-order valence-corrected chi connectivity index (χ3v) is 3.23. The molecular weight excluding hydrogens is 324 g/mol. The number of anilines is 2. The van der Waals surface area contributed by atoms with Gasteiger partial charge in [0.2, 0.25) is 0 Å². The lowest BCUT2D eigenvalue weighted by Gasteiger charge is -2.11. The van der Waals surface area contributed by atoms with Crippen molar-refractivity contribution >= 4 is 29.3 Å². The largest absolute Gasteiger partial charge is 0.465 e. The molecule has 7 heteroatoms. The fourth-order valence-electron chi connectivity index (χ4n) is 2.07. The number of carbonyl (C=O) groups is 3. The first-order chi connectivity index (χ1) is 12.0. The van der Waals surface area contributed by atoms with Crippen molar-refractivity contribution in [1.29, 1.82) is 0 Å². The maximum atomic E-state index is 12.1. The molecule has 0 unspecified atom stereocenters. The molecule has 2 aromatic rings. The molecule has 0 heterocycles. The van der Waals surface area contributed by atoms with Gasteiger partial charge in [-0.3, -0.25) is 0 Å². The third-order valence-electron chi connectivity index (χ3n) is 3.23. The fourth-order valence-corrected chi connectivity index (χ4v) is 2.07. The molecular formula is C18H18N2O5. The minimum Gasteiger partial charge on any atom is -0.465 e. The van der Waals surface area contributed by atoms with E-state index in [4.69, 9.17) is 4.74 Å². The van der Waals surface area contributed by atoms with Gasteiger partial charge in [0.1, 0.15) is 0 Å². The third kappa shape index (κ3) is 4.81. The van der Waals surface area contributed by atoms with Crippen molar-refractivity contribution in [2.75, 3.05) is 24.4 Å². The van der Waals surface area contributed by atoms with E-state index in [1.807, 2.05) is 0 Å². The number of rotatable bonds is 5. The Morgan fingerprint density at radius 1 is 0.920 bits per heavy atom. The van der Waals surface area contributed by atoms with Crippen molar-refractivity contribution in [1.82, 2.24) is 0 Å². The van der Waals surface area contributed by atoms with Gasteiger partial charge in [-0.2, -0.15) is 0 Å². The molecule has 2 rings (SSSR count). The highest BCUT2D eigenvalue weighted by atomic mass is 16.5. The lowest BCUT2D eigenvalue weighted by atomic mass is 10.2. The molecule has 0 fully saturated rings. The predicted molar refractivity (Wildman–Crippen MR) is 92.8 cm³/mol. The van der Waals surface area contributed by atoms with E-state index in [9.17, 15) is 14.4 Å². The summed E-state index contributed by atoms with van der Waals surface area (Å²) in [5.41, 5.74) is 1.46. The van der Waals surface area contributed by atoms with Crippen molar-refractivity contribution < 1.29 is 23.9 Å². The Labute approximate surface area is 144 Å². The molecule has 2 aromatic carbocycles. The van der Waals surface area contributed by atoms with Gasteiger partial charge in [0.05, 0.1) is 30.5 Å². The van der Waals surface area contributed by atoms with Gasteiger partial charge < -0.3 is 20.1 Å². The Bertz CT molecular complexity index is 771. The van der Waals surface area contributed by atoms with Crippen LogP contribution in [0.1, 0.15) is 27.6 Å². The van der Waals surface area contributed by atoms with Crippen LogP contribution in [-0.2, 0) is 9.47 Å². The fraction of sp³-hybridized carbons (Fsp3) is 0.167. The van der Waals surface area contributed by atoms with Crippen LogP contribution in [0.5, 0.6) is 0 Å². The summed E-state index contributed by atoms with van der Waals surface area (Å²) < 4.78 is 9.57. The van der Waals surface area contributed by atoms with Crippen LogP contribution in [0.4, 0.5) is 16.2 Å². The summed E-state index contributed by atoms with van der Waals surface area (Å²) in [5.74, 6) is -0.972. The second kappa shape index (κ2) is 8.49. The van der Waals surface area contributed by atoms with E-state index in [2.05, 4.69) is 15.4 Å². The molecule has 7 nitrogen and oxygen atoms in total. The van der Waals surface area contributed by atoms with Gasteiger partial charge in [0.25, 0.3) is 0 Å². The van der Waals surface area contributed by atoms with E-state index in [-0.39, 0.29) is 12.2 Å². The van der Waals surface area contributed by atoms with Gasteiger partial charge in [-0.05, 0) is 43.3 Å². The molecule has 0 spiro atoms. The van der Waals surface area contributed by atoms with E-state index >= 15 is 0 Å². The number of benzene rings is 2. The van der Waals surface area contributed by atoms with Gasteiger partial charge in [-0.25, -0.2) is 14.4 Å².